The number of aromatic nitrogens is 1. The van der Waals surface area contributed by atoms with E-state index in [1.807, 2.05) is 30.5 Å². The van der Waals surface area contributed by atoms with E-state index in [2.05, 4.69) is 10.3 Å². The Hall–Kier alpha value is -4.59. The molecule has 0 radical (unpaired) electrons. The number of amides is 2. The van der Waals surface area contributed by atoms with Crippen LogP contribution in [0.4, 0.5) is 0 Å². The highest BCUT2D eigenvalue weighted by atomic mass is 16.5. The number of aromatic amines is 1. The number of nitrogens with two attached hydrogens (primary N) is 1. The Morgan fingerprint density at radius 3 is 2.57 bits per heavy atom. The summed E-state index contributed by atoms with van der Waals surface area (Å²) in [6, 6.07) is 20.4. The van der Waals surface area contributed by atoms with Gasteiger partial charge in [0, 0.05) is 29.1 Å². The summed E-state index contributed by atoms with van der Waals surface area (Å²) in [5.41, 5.74) is 8.59. The molecule has 4 rings (SSSR count). The van der Waals surface area contributed by atoms with E-state index in [0.717, 1.165) is 16.5 Å². The third kappa shape index (κ3) is 5.50. The van der Waals surface area contributed by atoms with Crippen molar-refractivity contribution in [1.29, 1.82) is 0 Å². The maximum Gasteiger partial charge on any atom is 0.328 e. The van der Waals surface area contributed by atoms with E-state index in [4.69, 9.17) is 15.2 Å². The Kier molecular flexibility index (Phi) is 7.11. The third-order valence-corrected chi connectivity index (χ3v) is 5.63. The molecule has 4 N–H and O–H groups in total. The molecular formula is C27H25N3O5. The smallest absolute Gasteiger partial charge is 0.328 e. The Bertz CT molecular complexity index is 1380. The predicted octanol–water partition coefficient (Wildman–Crippen LogP) is 3.36. The lowest BCUT2D eigenvalue weighted by Crippen LogP contribution is -2.43. The molecule has 178 valence electrons. The summed E-state index contributed by atoms with van der Waals surface area (Å²) >= 11 is 0. The number of H-pyrrole nitrogens is 1. The minimum absolute atomic E-state index is 0.126. The molecule has 8 nitrogen and oxygen atoms in total. The van der Waals surface area contributed by atoms with Crippen LogP contribution in [0.25, 0.3) is 10.9 Å². The number of hydrogen-bond acceptors (Lipinski definition) is 5. The maximum atomic E-state index is 13.0. The molecular weight excluding hydrogens is 446 g/mol. The van der Waals surface area contributed by atoms with Gasteiger partial charge >= 0.3 is 5.97 Å². The standard InChI is InChI=1S/C27H25N3O5/c1-34-27(33)23(14-19-15-29-22-11-4-2-9-20(19)22)30-26(32)18-8-6-7-17(13-18)16-35-24-12-5-3-10-21(24)25(28)31/h2-13,15,23,29H,14,16H2,1H3,(H2,28,31)(H,30,32)/t23-/m1/s1. The maximum absolute atomic E-state index is 13.0. The normalized spacial score (nSPS) is 11.6. The summed E-state index contributed by atoms with van der Waals surface area (Å²) in [4.78, 5) is 40.2. The van der Waals surface area contributed by atoms with Gasteiger partial charge in [0.2, 0.25) is 0 Å². The first kappa shape index (κ1) is 23.6. The van der Waals surface area contributed by atoms with E-state index >= 15 is 0 Å². The van der Waals surface area contributed by atoms with Crippen LogP contribution in [0.15, 0.2) is 79.0 Å². The first-order chi connectivity index (χ1) is 17.0. The average Bonchev–Trinajstić information content (AvgIpc) is 3.29. The van der Waals surface area contributed by atoms with E-state index in [-0.39, 0.29) is 18.6 Å². The van der Waals surface area contributed by atoms with Crippen LogP contribution < -0.4 is 15.8 Å². The lowest BCUT2D eigenvalue weighted by atomic mass is 10.0. The van der Waals surface area contributed by atoms with Crippen LogP contribution in [-0.4, -0.2) is 35.9 Å². The van der Waals surface area contributed by atoms with Gasteiger partial charge in [0.25, 0.3) is 11.8 Å². The highest BCUT2D eigenvalue weighted by Gasteiger charge is 2.24. The van der Waals surface area contributed by atoms with Gasteiger partial charge in [-0.2, -0.15) is 0 Å². The van der Waals surface area contributed by atoms with Gasteiger partial charge in [-0.25, -0.2) is 4.79 Å². The lowest BCUT2D eigenvalue weighted by Gasteiger charge is -2.17. The fourth-order valence-corrected chi connectivity index (χ4v) is 3.86. The van der Waals surface area contributed by atoms with E-state index in [1.54, 1.807) is 48.5 Å². The molecule has 2 amide bonds. The number of primary amides is 1. The van der Waals surface area contributed by atoms with Gasteiger partial charge in [0.15, 0.2) is 0 Å². The van der Waals surface area contributed by atoms with Crippen molar-refractivity contribution in [3.05, 3.63) is 101 Å². The minimum Gasteiger partial charge on any atom is -0.488 e. The molecule has 0 saturated heterocycles. The number of nitrogens with one attached hydrogen (secondary N) is 2. The van der Waals surface area contributed by atoms with Crippen molar-refractivity contribution >= 4 is 28.7 Å². The summed E-state index contributed by atoms with van der Waals surface area (Å²) in [6.45, 7) is 0.126. The molecule has 1 heterocycles. The number of benzene rings is 3. The van der Waals surface area contributed by atoms with Crippen molar-refractivity contribution in [2.75, 3.05) is 7.11 Å². The van der Waals surface area contributed by atoms with Crippen LogP contribution >= 0.6 is 0 Å². The quantitative estimate of drug-likeness (QED) is 0.323. The van der Waals surface area contributed by atoms with Gasteiger partial charge in [-0.1, -0.05) is 42.5 Å². The van der Waals surface area contributed by atoms with Crippen LogP contribution in [0.2, 0.25) is 0 Å². The third-order valence-electron chi connectivity index (χ3n) is 5.63. The highest BCUT2D eigenvalue weighted by Crippen LogP contribution is 2.21. The molecule has 4 aromatic rings. The Balaban J connectivity index is 1.47. The van der Waals surface area contributed by atoms with Crippen molar-refractivity contribution in [2.24, 2.45) is 5.73 Å². The Morgan fingerprint density at radius 2 is 1.77 bits per heavy atom. The number of esters is 1. The molecule has 1 atom stereocenters. The molecule has 0 unspecified atom stereocenters. The summed E-state index contributed by atoms with van der Waals surface area (Å²) < 4.78 is 10.7. The van der Waals surface area contributed by atoms with Crippen LogP contribution in [0, 0.1) is 0 Å². The zero-order chi connectivity index (χ0) is 24.8. The van der Waals surface area contributed by atoms with E-state index in [1.165, 1.54) is 7.11 Å². The number of ether oxygens (including phenoxy) is 2. The number of rotatable bonds is 9. The van der Waals surface area contributed by atoms with Crippen LogP contribution in [-0.2, 0) is 22.6 Å². The average molecular weight is 472 g/mol. The van der Waals surface area contributed by atoms with Gasteiger partial charge < -0.3 is 25.5 Å². The first-order valence-corrected chi connectivity index (χ1v) is 11.0. The zero-order valence-electron chi connectivity index (χ0n) is 19.1. The second-order valence-corrected chi connectivity index (χ2v) is 7.96. The molecule has 8 heteroatoms. The molecule has 0 aliphatic heterocycles. The topological polar surface area (TPSA) is 124 Å². The van der Waals surface area contributed by atoms with Crippen LogP contribution in [0.1, 0.15) is 31.8 Å². The first-order valence-electron chi connectivity index (χ1n) is 11.0. The number of fused-ring (bicyclic) bond motifs is 1. The molecule has 0 spiro atoms. The Labute approximate surface area is 202 Å². The molecule has 3 aromatic carbocycles. The van der Waals surface area contributed by atoms with Gasteiger partial charge in [-0.15, -0.1) is 0 Å². The molecule has 0 saturated carbocycles. The zero-order valence-corrected chi connectivity index (χ0v) is 19.1. The number of carbonyl (C=O) groups excluding carboxylic acids is 3. The minimum atomic E-state index is -0.867. The van der Waals surface area contributed by atoms with Crippen LogP contribution in [0.3, 0.4) is 0 Å². The van der Waals surface area contributed by atoms with Gasteiger partial charge in [0.05, 0.1) is 12.7 Å². The van der Waals surface area contributed by atoms with E-state index < -0.39 is 23.8 Å². The van der Waals surface area contributed by atoms with Crippen molar-refractivity contribution in [1.82, 2.24) is 10.3 Å². The molecule has 0 aliphatic carbocycles. The highest BCUT2D eigenvalue weighted by molar-refractivity contribution is 5.97. The number of methoxy groups -OCH3 is 1. The second kappa shape index (κ2) is 10.6. The van der Waals surface area contributed by atoms with Crippen LogP contribution in [0.5, 0.6) is 5.75 Å². The van der Waals surface area contributed by atoms with Crippen molar-refractivity contribution in [2.45, 2.75) is 19.1 Å². The fraction of sp³-hybridized carbons (Fsp3) is 0.148. The number of para-hydroxylation sites is 2. The van der Waals surface area contributed by atoms with Gasteiger partial charge in [-0.3, -0.25) is 9.59 Å². The molecule has 1 aromatic heterocycles. The lowest BCUT2D eigenvalue weighted by molar-refractivity contribution is -0.142. The van der Waals surface area contributed by atoms with E-state index in [0.29, 0.717) is 16.9 Å². The Morgan fingerprint density at radius 1 is 1.00 bits per heavy atom. The van der Waals surface area contributed by atoms with Crippen molar-refractivity contribution < 1.29 is 23.9 Å². The summed E-state index contributed by atoms with van der Waals surface area (Å²) in [7, 11) is 1.29. The second-order valence-electron chi connectivity index (χ2n) is 7.96. The number of hydrogen-bond donors (Lipinski definition) is 3. The molecule has 0 aliphatic rings. The summed E-state index contributed by atoms with van der Waals surface area (Å²) in [6.07, 6.45) is 2.10. The monoisotopic (exact) mass is 471 g/mol. The van der Waals surface area contributed by atoms with Gasteiger partial charge in [-0.05, 0) is 41.5 Å². The van der Waals surface area contributed by atoms with Crippen molar-refractivity contribution in [3.8, 4) is 5.75 Å². The summed E-state index contributed by atoms with van der Waals surface area (Å²) in [5.74, 6) is -1.18. The summed E-state index contributed by atoms with van der Waals surface area (Å²) in [5, 5.41) is 3.76. The molecule has 0 fully saturated rings. The van der Waals surface area contributed by atoms with E-state index in [9.17, 15) is 14.4 Å². The fourth-order valence-electron chi connectivity index (χ4n) is 3.86. The van der Waals surface area contributed by atoms with Gasteiger partial charge in [0.1, 0.15) is 18.4 Å². The largest absolute Gasteiger partial charge is 0.488 e. The molecule has 35 heavy (non-hydrogen) atoms. The molecule has 0 bridgehead atoms. The van der Waals surface area contributed by atoms with Crippen molar-refractivity contribution in [3.63, 3.8) is 0 Å². The SMILES string of the molecule is COC(=O)[C@@H](Cc1c[nH]c2ccccc12)NC(=O)c1cccc(COc2ccccc2C(N)=O)c1. The predicted molar refractivity (Wildman–Crippen MR) is 131 cm³/mol. The number of carbonyl (C=O) groups is 3.